The second-order valence-electron chi connectivity index (χ2n) is 20.1. The Morgan fingerprint density at radius 2 is 0.986 bits per heavy atom. The molecule has 1 heterocycles. The van der Waals surface area contributed by atoms with Crippen LogP contribution in [0.3, 0.4) is 0 Å². The van der Waals surface area contributed by atoms with Gasteiger partial charge in [-0.2, -0.15) is 0 Å². The molecule has 6 N–H and O–H groups in total. The third-order valence-electron chi connectivity index (χ3n) is 13.4. The van der Waals surface area contributed by atoms with Gasteiger partial charge in [0.25, 0.3) is 0 Å². The maximum absolute atomic E-state index is 13.4. The number of aliphatic hydroxyl groups is 5. The molecule has 0 saturated carbocycles. The van der Waals surface area contributed by atoms with E-state index in [1.54, 1.807) is 6.08 Å². The average Bonchev–Trinajstić information content (AvgIpc) is 3.40. The number of aliphatic hydroxyl groups excluding tert-OH is 5. The SMILES string of the molecule is CC\C=C/C=C/C=C/C=C\C=C\C=C\CCCCCC(=O)OC1C(OCC(NC(=O)C(O)CCCCCCCC/C=C/CCCCCCCC)C(O)/C=C/CCCCCCCCCCCC)OC(CO)C(O)C1O. The number of unbranched alkanes of at least 4 members (excludes halogenated alkanes) is 25. The molecule has 424 valence electrons. The smallest absolute Gasteiger partial charge is 0.306 e. The molecule has 0 radical (unpaired) electrons. The van der Waals surface area contributed by atoms with Crippen molar-refractivity contribution < 1.29 is 49.3 Å². The van der Waals surface area contributed by atoms with E-state index in [-0.39, 0.29) is 19.4 Å². The molecule has 11 nitrogen and oxygen atoms in total. The molecule has 8 atom stereocenters. The number of esters is 1. The summed E-state index contributed by atoms with van der Waals surface area (Å²) in [5, 5.41) is 56.9. The van der Waals surface area contributed by atoms with Crippen molar-refractivity contribution in [2.45, 2.75) is 275 Å². The molecule has 0 spiro atoms. The number of hydrogen-bond donors (Lipinski definition) is 6. The van der Waals surface area contributed by atoms with Gasteiger partial charge in [-0.3, -0.25) is 9.59 Å². The minimum absolute atomic E-state index is 0.0671. The quantitative estimate of drug-likeness (QED) is 0.0149. The van der Waals surface area contributed by atoms with Crippen molar-refractivity contribution >= 4 is 11.9 Å². The van der Waals surface area contributed by atoms with Crippen LogP contribution >= 0.6 is 0 Å². The van der Waals surface area contributed by atoms with Crippen LogP contribution in [0.15, 0.2) is 97.2 Å². The van der Waals surface area contributed by atoms with E-state index in [0.29, 0.717) is 12.8 Å². The van der Waals surface area contributed by atoms with E-state index < -0.39 is 67.4 Å². The Labute approximate surface area is 450 Å². The molecular weight excluding hydrogens is 931 g/mol. The van der Waals surface area contributed by atoms with Gasteiger partial charge < -0.3 is 45.1 Å². The van der Waals surface area contributed by atoms with Crippen molar-refractivity contribution in [3.8, 4) is 0 Å². The number of carbonyl (C=O) groups is 2. The Hall–Kier alpha value is -3.42. The second-order valence-corrected chi connectivity index (χ2v) is 20.1. The van der Waals surface area contributed by atoms with Gasteiger partial charge >= 0.3 is 5.97 Å². The number of ether oxygens (including phenoxy) is 3. The van der Waals surface area contributed by atoms with Gasteiger partial charge in [0.15, 0.2) is 12.4 Å². The van der Waals surface area contributed by atoms with E-state index in [2.05, 4.69) is 50.4 Å². The first kappa shape index (κ1) is 68.6. The van der Waals surface area contributed by atoms with Crippen molar-refractivity contribution in [2.24, 2.45) is 0 Å². The second kappa shape index (κ2) is 50.4. The zero-order chi connectivity index (χ0) is 54.0. The van der Waals surface area contributed by atoms with Gasteiger partial charge in [-0.1, -0.05) is 246 Å². The van der Waals surface area contributed by atoms with E-state index in [4.69, 9.17) is 14.2 Å². The van der Waals surface area contributed by atoms with Gasteiger partial charge in [0.1, 0.15) is 24.4 Å². The number of allylic oxidation sites excluding steroid dienone is 15. The Morgan fingerprint density at radius 3 is 1.50 bits per heavy atom. The Morgan fingerprint density at radius 1 is 0.541 bits per heavy atom. The number of carbonyl (C=O) groups excluding carboxylic acids is 2. The highest BCUT2D eigenvalue weighted by molar-refractivity contribution is 5.80. The Balaban J connectivity index is 2.76. The molecule has 0 aromatic rings. The Bertz CT molecular complexity index is 1570. The molecule has 74 heavy (non-hydrogen) atoms. The van der Waals surface area contributed by atoms with Crippen molar-refractivity contribution in [1.82, 2.24) is 5.32 Å². The van der Waals surface area contributed by atoms with Crippen molar-refractivity contribution in [3.05, 3.63) is 97.2 Å². The fraction of sp³-hybridized carbons (Fsp3) is 0.714. The molecule has 8 unspecified atom stereocenters. The van der Waals surface area contributed by atoms with Crippen LogP contribution in [0, 0.1) is 0 Å². The van der Waals surface area contributed by atoms with Crippen LogP contribution in [-0.4, -0.2) is 99.6 Å². The van der Waals surface area contributed by atoms with Crippen LogP contribution in [0.25, 0.3) is 0 Å². The molecule has 11 heteroatoms. The largest absolute Gasteiger partial charge is 0.454 e. The van der Waals surface area contributed by atoms with Gasteiger partial charge in [-0.25, -0.2) is 0 Å². The van der Waals surface area contributed by atoms with Crippen LogP contribution in [0.4, 0.5) is 0 Å². The molecule has 0 bridgehead atoms. The zero-order valence-electron chi connectivity index (χ0n) is 46.7. The zero-order valence-corrected chi connectivity index (χ0v) is 46.7. The van der Waals surface area contributed by atoms with E-state index in [1.807, 2.05) is 66.8 Å². The fourth-order valence-electron chi connectivity index (χ4n) is 8.68. The molecule has 1 aliphatic rings. The lowest BCUT2D eigenvalue weighted by molar-refractivity contribution is -0.305. The first-order chi connectivity index (χ1) is 36.2. The number of nitrogens with one attached hydrogen (secondary N) is 1. The number of amides is 1. The minimum atomic E-state index is -1.64. The molecule has 0 aromatic carbocycles. The molecule has 1 rings (SSSR count). The summed E-state index contributed by atoms with van der Waals surface area (Å²) in [5.74, 6) is -1.25. The fourth-order valence-corrected chi connectivity index (χ4v) is 8.68. The summed E-state index contributed by atoms with van der Waals surface area (Å²) in [7, 11) is 0. The Kier molecular flexibility index (Phi) is 46.7. The topological polar surface area (TPSA) is 175 Å². The summed E-state index contributed by atoms with van der Waals surface area (Å²) in [4.78, 5) is 26.5. The van der Waals surface area contributed by atoms with E-state index in [1.165, 1.54) is 96.3 Å². The molecule has 1 amide bonds. The monoisotopic (exact) mass is 1040 g/mol. The molecular formula is C63H107NO10. The summed E-state index contributed by atoms with van der Waals surface area (Å²) in [6.07, 6.45) is 55.8. The molecule has 1 aliphatic heterocycles. The summed E-state index contributed by atoms with van der Waals surface area (Å²) in [6.45, 7) is 5.59. The molecule has 1 saturated heterocycles. The predicted molar refractivity (Wildman–Crippen MR) is 305 cm³/mol. The van der Waals surface area contributed by atoms with Crippen LogP contribution in [0.5, 0.6) is 0 Å². The van der Waals surface area contributed by atoms with E-state index >= 15 is 0 Å². The van der Waals surface area contributed by atoms with Crippen molar-refractivity contribution in [3.63, 3.8) is 0 Å². The summed E-state index contributed by atoms with van der Waals surface area (Å²) in [5.41, 5.74) is 0. The van der Waals surface area contributed by atoms with Gasteiger partial charge in [-0.05, 0) is 70.6 Å². The average molecular weight is 1040 g/mol. The normalized spacial score (nSPS) is 20.0. The third-order valence-corrected chi connectivity index (χ3v) is 13.4. The van der Waals surface area contributed by atoms with Gasteiger partial charge in [0, 0.05) is 6.42 Å². The van der Waals surface area contributed by atoms with Gasteiger partial charge in [-0.15, -0.1) is 0 Å². The summed E-state index contributed by atoms with van der Waals surface area (Å²) >= 11 is 0. The maximum atomic E-state index is 13.4. The lowest BCUT2D eigenvalue weighted by Crippen LogP contribution is -2.61. The first-order valence-electron chi connectivity index (χ1n) is 29.6. The lowest BCUT2D eigenvalue weighted by atomic mass is 9.99. The maximum Gasteiger partial charge on any atom is 0.306 e. The highest BCUT2D eigenvalue weighted by Crippen LogP contribution is 2.26. The van der Waals surface area contributed by atoms with Crippen LogP contribution in [0.1, 0.15) is 226 Å². The van der Waals surface area contributed by atoms with Crippen molar-refractivity contribution in [1.29, 1.82) is 0 Å². The summed E-state index contributed by atoms with van der Waals surface area (Å²) < 4.78 is 17.5. The van der Waals surface area contributed by atoms with Crippen molar-refractivity contribution in [2.75, 3.05) is 13.2 Å². The molecule has 1 fully saturated rings. The first-order valence-corrected chi connectivity index (χ1v) is 29.6. The van der Waals surface area contributed by atoms with Crippen LogP contribution in [0.2, 0.25) is 0 Å². The third kappa shape index (κ3) is 38.2. The number of hydrogen-bond acceptors (Lipinski definition) is 10. The highest BCUT2D eigenvalue weighted by Gasteiger charge is 2.47. The highest BCUT2D eigenvalue weighted by atomic mass is 16.7. The summed E-state index contributed by atoms with van der Waals surface area (Å²) in [6, 6.07) is -1.04. The molecule has 0 aromatic heterocycles. The van der Waals surface area contributed by atoms with E-state index in [0.717, 1.165) is 83.5 Å². The van der Waals surface area contributed by atoms with Crippen LogP contribution < -0.4 is 5.32 Å². The predicted octanol–water partition coefficient (Wildman–Crippen LogP) is 13.6. The molecule has 0 aliphatic carbocycles. The lowest BCUT2D eigenvalue weighted by Gasteiger charge is -2.41. The van der Waals surface area contributed by atoms with Gasteiger partial charge in [0.2, 0.25) is 5.91 Å². The van der Waals surface area contributed by atoms with Gasteiger partial charge in [0.05, 0.1) is 25.4 Å². The van der Waals surface area contributed by atoms with E-state index in [9.17, 15) is 35.1 Å². The van der Waals surface area contributed by atoms with Crippen LogP contribution in [-0.2, 0) is 23.8 Å². The minimum Gasteiger partial charge on any atom is -0.454 e. The number of rotatable bonds is 48. The standard InChI is InChI=1S/C63H107NO10/c1-4-7-10-13-16-19-22-25-27-29-31-33-36-39-42-45-48-51-58(68)74-61-60(70)59(69)57(52-65)73-63(61)72-53-54(55(66)49-46-43-40-37-34-24-21-18-15-12-9-6-3)64-62(71)56(67)50-47-44-41-38-35-32-30-28-26-23-20-17-14-11-8-5-2/h7,10,13,16,19,22,25-29,31,33,36,46,49,54-57,59-61,63,65-67,69-70H,4-6,8-9,11-12,14-15,17-18,20-21,23-24,30,32,34-35,37-45,47-48,50-53H2,1-3H3,(H,64,71)/b10-7-,16-13+,22-19+,27-25-,28-26+,31-29+,36-33+,49-46+.